The number of nitrogens with zero attached hydrogens (tertiary/aromatic N) is 4. The van der Waals surface area contributed by atoms with Crippen molar-refractivity contribution in [3.8, 4) is 11.8 Å². The minimum absolute atomic E-state index is 0.00542. The third-order valence-corrected chi connectivity index (χ3v) is 12.6. The summed E-state index contributed by atoms with van der Waals surface area (Å²) >= 11 is 0. The highest BCUT2D eigenvalue weighted by atomic mass is 19.1. The van der Waals surface area contributed by atoms with E-state index in [-0.39, 0.29) is 48.2 Å². The van der Waals surface area contributed by atoms with Crippen LogP contribution >= 0.6 is 0 Å². The van der Waals surface area contributed by atoms with E-state index in [0.29, 0.717) is 44.0 Å². The van der Waals surface area contributed by atoms with Gasteiger partial charge in [-0.25, -0.2) is 4.39 Å². The van der Waals surface area contributed by atoms with Crippen molar-refractivity contribution in [1.82, 2.24) is 25.3 Å². The first-order valence-electron chi connectivity index (χ1n) is 18.2. The average molecular weight is 649 g/mol. The van der Waals surface area contributed by atoms with Crippen molar-refractivity contribution in [3.05, 3.63) is 42.2 Å². The molecule has 5 fully saturated rings. The molecule has 0 radical (unpaired) electrons. The monoisotopic (exact) mass is 648 g/mol. The molecule has 0 bridgehead atoms. The Morgan fingerprint density at radius 3 is 2.70 bits per heavy atom. The molecule has 10 heteroatoms. The van der Waals surface area contributed by atoms with Gasteiger partial charge in [0.15, 0.2) is 17.9 Å². The summed E-state index contributed by atoms with van der Waals surface area (Å²) in [6.07, 6.45) is 14.2. The van der Waals surface area contributed by atoms with Gasteiger partial charge in [0.05, 0.1) is 31.3 Å². The van der Waals surface area contributed by atoms with Crippen molar-refractivity contribution < 1.29 is 18.7 Å². The highest BCUT2D eigenvalue weighted by molar-refractivity contribution is 5.87. The summed E-state index contributed by atoms with van der Waals surface area (Å²) in [5, 5.41) is 17.8. The quantitative estimate of drug-likeness (QED) is 0.329. The van der Waals surface area contributed by atoms with E-state index in [1.807, 2.05) is 11.0 Å². The number of piperazine rings is 1. The molecular weight excluding hydrogens is 595 g/mol. The third-order valence-electron chi connectivity index (χ3n) is 12.6. The number of rotatable bonds is 7. The van der Waals surface area contributed by atoms with Crippen molar-refractivity contribution >= 4 is 5.91 Å². The van der Waals surface area contributed by atoms with Gasteiger partial charge >= 0.3 is 0 Å². The molecule has 7 rings (SSSR count). The van der Waals surface area contributed by atoms with Gasteiger partial charge in [-0.05, 0) is 70.2 Å². The summed E-state index contributed by atoms with van der Waals surface area (Å²) < 4.78 is 28.7. The van der Waals surface area contributed by atoms with E-state index in [1.165, 1.54) is 44.2 Å². The summed E-state index contributed by atoms with van der Waals surface area (Å²) in [6, 6.07) is 7.89. The predicted octanol–water partition coefficient (Wildman–Crippen LogP) is 4.53. The fourth-order valence-corrected chi connectivity index (χ4v) is 10.3. The van der Waals surface area contributed by atoms with E-state index in [1.54, 1.807) is 6.07 Å². The van der Waals surface area contributed by atoms with Gasteiger partial charge in [-0.1, -0.05) is 44.4 Å². The minimum atomic E-state index is -0.461. The smallest absolute Gasteiger partial charge is 0.246 e. The molecule has 1 aromatic carbocycles. The van der Waals surface area contributed by atoms with Crippen molar-refractivity contribution in [2.24, 2.45) is 11.8 Å². The van der Waals surface area contributed by atoms with E-state index in [9.17, 15) is 10.1 Å². The topological polar surface area (TPSA) is 93.1 Å². The lowest BCUT2D eigenvalue weighted by Gasteiger charge is -2.62. The third kappa shape index (κ3) is 6.35. The van der Waals surface area contributed by atoms with Gasteiger partial charge in [0.25, 0.3) is 0 Å². The number of amides is 1. The first kappa shape index (κ1) is 33.0. The Balaban J connectivity index is 1.24. The number of nitriles is 1. The van der Waals surface area contributed by atoms with E-state index < -0.39 is 5.60 Å². The molecule has 1 spiro atoms. The second kappa shape index (κ2) is 13.8. The van der Waals surface area contributed by atoms with Gasteiger partial charge in [-0.3, -0.25) is 20.3 Å². The van der Waals surface area contributed by atoms with Crippen molar-refractivity contribution in [2.75, 3.05) is 39.8 Å². The molecule has 1 amide bonds. The normalized spacial score (nSPS) is 36.7. The molecule has 6 aliphatic rings. The van der Waals surface area contributed by atoms with Crippen LogP contribution in [0.15, 0.2) is 30.9 Å². The van der Waals surface area contributed by atoms with Gasteiger partial charge in [0.1, 0.15) is 5.60 Å². The zero-order valence-electron chi connectivity index (χ0n) is 28.1. The number of hydrogen-bond acceptors (Lipinski definition) is 8. The lowest BCUT2D eigenvalue weighted by atomic mass is 9.57. The fourth-order valence-electron chi connectivity index (χ4n) is 10.3. The molecule has 47 heavy (non-hydrogen) atoms. The summed E-state index contributed by atoms with van der Waals surface area (Å²) in [4.78, 5) is 19.5. The fraction of sp³-hybridized carbons (Fsp3) is 0.730. The van der Waals surface area contributed by atoms with Crippen molar-refractivity contribution in [3.63, 3.8) is 0 Å². The molecule has 2 N–H and O–H groups in total. The molecule has 3 saturated heterocycles. The van der Waals surface area contributed by atoms with Crippen LogP contribution in [0.3, 0.4) is 0 Å². The molecule has 4 aliphatic heterocycles. The lowest BCUT2D eigenvalue weighted by Crippen LogP contribution is -2.79. The van der Waals surface area contributed by atoms with Crippen molar-refractivity contribution in [2.45, 2.75) is 119 Å². The van der Waals surface area contributed by atoms with E-state index in [2.05, 4.69) is 40.1 Å². The number of carbonyl (C=O) groups excluding carboxylic acids is 1. The number of fused-ring (bicyclic) bond motifs is 2. The van der Waals surface area contributed by atoms with Crippen LogP contribution in [0.25, 0.3) is 0 Å². The van der Waals surface area contributed by atoms with Crippen LogP contribution in [0, 0.1) is 29.0 Å². The van der Waals surface area contributed by atoms with Gasteiger partial charge in [0.2, 0.25) is 5.91 Å². The Hall–Kier alpha value is -2.55. The zero-order chi connectivity index (χ0) is 32.6. The SMILES string of the molecule is C=CC(=O)N1CCN(C2NC(OCC3CCCN3C)NC3(C4CCCCCC4)C[C@@]4(CCC23)Cc2cccc(F)c2O4)CC1CC#N. The maximum absolute atomic E-state index is 15.1. The number of hydrogen-bond donors (Lipinski definition) is 2. The number of para-hydroxylation sites is 1. The predicted molar refractivity (Wildman–Crippen MR) is 178 cm³/mol. The molecule has 2 aliphatic carbocycles. The highest BCUT2D eigenvalue weighted by Gasteiger charge is 2.62. The molecule has 9 nitrogen and oxygen atoms in total. The molecule has 1 aromatic rings. The van der Waals surface area contributed by atoms with Crippen LogP contribution in [0.5, 0.6) is 5.75 Å². The minimum Gasteiger partial charge on any atom is -0.483 e. The maximum atomic E-state index is 15.1. The summed E-state index contributed by atoms with van der Waals surface area (Å²) in [6.45, 7) is 7.37. The standard InChI is InChI=1S/C37H53FN6O3/c1-3-32(45)44-21-20-43(23-28(44)16-18-39)34-30-15-17-36(22-26-10-8-14-31(38)33(26)47-36)25-37(30,27-11-6-4-5-7-12-27)41-35(40-34)46-24-29-13-9-19-42(29)2/h3,8,10,14,27-30,34-35,40-41H,1,4-7,9,11-13,15-17,19-25H2,2H3/t28?,29?,30?,34?,35?,36-,37?/m1/s1. The molecule has 0 aromatic heterocycles. The second-order valence-corrected chi connectivity index (χ2v) is 15.2. The van der Waals surface area contributed by atoms with Gasteiger partial charge in [-0.15, -0.1) is 0 Å². The molecular formula is C37H53FN6O3. The number of carbonyl (C=O) groups is 1. The first-order chi connectivity index (χ1) is 22.8. The Bertz CT molecular complexity index is 1350. The number of benzene rings is 1. The first-order valence-corrected chi connectivity index (χ1v) is 18.2. The number of ether oxygens (including phenoxy) is 2. The van der Waals surface area contributed by atoms with E-state index >= 15 is 4.39 Å². The molecule has 2 saturated carbocycles. The Kier molecular flexibility index (Phi) is 9.65. The Morgan fingerprint density at radius 1 is 1.15 bits per heavy atom. The van der Waals surface area contributed by atoms with Crippen LogP contribution in [-0.4, -0.2) is 96.2 Å². The van der Waals surface area contributed by atoms with Gasteiger partial charge < -0.3 is 19.3 Å². The largest absolute Gasteiger partial charge is 0.483 e. The number of likely N-dealkylation sites (tertiary alicyclic amines) is 1. The number of likely N-dealkylation sites (N-methyl/N-ethyl adjacent to an activating group) is 1. The summed E-state index contributed by atoms with van der Waals surface area (Å²) in [5.74, 6) is 0.757. The summed E-state index contributed by atoms with van der Waals surface area (Å²) in [5.41, 5.74) is 0.239. The van der Waals surface area contributed by atoms with E-state index in [4.69, 9.17) is 9.47 Å². The van der Waals surface area contributed by atoms with Crippen LogP contribution in [0.2, 0.25) is 0 Å². The van der Waals surface area contributed by atoms with Crippen LogP contribution in [0.4, 0.5) is 4.39 Å². The van der Waals surface area contributed by atoms with Gasteiger partial charge in [-0.2, -0.15) is 5.26 Å². The molecule has 6 unspecified atom stereocenters. The molecule has 256 valence electrons. The second-order valence-electron chi connectivity index (χ2n) is 15.2. The van der Waals surface area contributed by atoms with Crippen molar-refractivity contribution in [1.29, 1.82) is 5.26 Å². The van der Waals surface area contributed by atoms with Crippen LogP contribution in [-0.2, 0) is 16.0 Å². The zero-order valence-corrected chi connectivity index (χ0v) is 28.1. The molecule has 4 heterocycles. The van der Waals surface area contributed by atoms with Crippen LogP contribution < -0.4 is 15.4 Å². The highest BCUT2D eigenvalue weighted by Crippen LogP contribution is 2.55. The molecule has 7 atom stereocenters. The summed E-state index contributed by atoms with van der Waals surface area (Å²) in [7, 11) is 2.19. The average Bonchev–Trinajstić information content (AvgIpc) is 3.53. The number of halogens is 1. The van der Waals surface area contributed by atoms with Crippen LogP contribution in [0.1, 0.15) is 82.6 Å². The number of nitrogens with one attached hydrogen (secondary N) is 2. The van der Waals surface area contributed by atoms with Gasteiger partial charge in [0, 0.05) is 55.5 Å². The maximum Gasteiger partial charge on any atom is 0.246 e. The Morgan fingerprint density at radius 2 is 1.98 bits per heavy atom. The van der Waals surface area contributed by atoms with E-state index in [0.717, 1.165) is 57.1 Å². The Labute approximate surface area is 279 Å². The lowest BCUT2D eigenvalue weighted by molar-refractivity contribution is -0.170.